The zero-order chi connectivity index (χ0) is 17.8. The molecule has 0 aliphatic rings. The molecule has 0 fully saturated rings. The summed E-state index contributed by atoms with van der Waals surface area (Å²) in [5, 5.41) is 8.21. The van der Waals surface area contributed by atoms with Crippen molar-refractivity contribution in [1.82, 2.24) is 30.1 Å². The fourth-order valence-electron chi connectivity index (χ4n) is 3.08. The molecule has 0 radical (unpaired) electrons. The first-order valence-corrected chi connectivity index (χ1v) is 9.87. The Hall–Kier alpha value is -3.23. The van der Waals surface area contributed by atoms with Crippen molar-refractivity contribution in [2.75, 3.05) is 0 Å². The minimum absolute atomic E-state index is 0.864. The van der Waals surface area contributed by atoms with Crippen LogP contribution in [0, 0.1) is 0 Å². The van der Waals surface area contributed by atoms with E-state index in [4.69, 9.17) is 4.98 Å². The van der Waals surface area contributed by atoms with Crippen molar-refractivity contribution >= 4 is 54.1 Å². The summed E-state index contributed by atoms with van der Waals surface area (Å²) < 4.78 is 1.05. The lowest BCUT2D eigenvalue weighted by Gasteiger charge is -1.96. The number of rotatable bonds is 2. The maximum atomic E-state index is 4.84. The van der Waals surface area contributed by atoms with Gasteiger partial charge in [-0.05, 0) is 23.8 Å². The van der Waals surface area contributed by atoms with Crippen LogP contribution in [0.1, 0.15) is 0 Å². The number of hydrogen-bond donors (Lipinski definition) is 1. The third-order valence-corrected chi connectivity index (χ3v) is 6.56. The van der Waals surface area contributed by atoms with Gasteiger partial charge in [0.05, 0.1) is 33.0 Å². The smallest absolute Gasteiger partial charge is 0.143 e. The van der Waals surface area contributed by atoms with Gasteiger partial charge in [-0.15, -0.1) is 22.7 Å². The molecule has 27 heavy (non-hydrogen) atoms. The topological polar surface area (TPSA) is 80.2 Å². The molecule has 5 aromatic heterocycles. The predicted octanol–water partition coefficient (Wildman–Crippen LogP) is 4.91. The highest BCUT2D eigenvalue weighted by atomic mass is 32.1. The number of H-pyrrole nitrogens is 1. The summed E-state index contributed by atoms with van der Waals surface area (Å²) in [7, 11) is 0. The van der Waals surface area contributed by atoms with Gasteiger partial charge >= 0.3 is 0 Å². The van der Waals surface area contributed by atoms with Crippen LogP contribution in [0.4, 0.5) is 0 Å². The number of fused-ring (bicyclic) bond motifs is 3. The van der Waals surface area contributed by atoms with E-state index in [0.717, 1.165) is 52.5 Å². The van der Waals surface area contributed by atoms with E-state index in [1.807, 2.05) is 24.7 Å². The Kier molecular flexibility index (Phi) is 3.11. The first kappa shape index (κ1) is 14.9. The highest BCUT2D eigenvalue weighted by Gasteiger charge is 2.12. The van der Waals surface area contributed by atoms with Crippen molar-refractivity contribution in [3.8, 4) is 21.0 Å². The molecule has 0 aliphatic carbocycles. The summed E-state index contributed by atoms with van der Waals surface area (Å²) in [5.74, 6) is 0. The third-order valence-electron chi connectivity index (χ3n) is 4.42. The van der Waals surface area contributed by atoms with Crippen LogP contribution < -0.4 is 0 Å². The Morgan fingerprint density at radius 1 is 0.852 bits per heavy atom. The summed E-state index contributed by atoms with van der Waals surface area (Å²) in [4.78, 5) is 21.0. The molecule has 6 rings (SSSR count). The van der Waals surface area contributed by atoms with E-state index >= 15 is 0 Å². The highest BCUT2D eigenvalue weighted by molar-refractivity contribution is 7.22. The molecule has 8 heteroatoms. The molecule has 5 heterocycles. The number of nitrogens with zero attached hydrogens (tertiary/aromatic N) is 5. The maximum absolute atomic E-state index is 4.84. The van der Waals surface area contributed by atoms with Gasteiger partial charge in [0.2, 0.25) is 0 Å². The van der Waals surface area contributed by atoms with Crippen molar-refractivity contribution in [2.24, 2.45) is 0 Å². The zero-order valence-electron chi connectivity index (χ0n) is 13.7. The van der Waals surface area contributed by atoms with Crippen molar-refractivity contribution in [1.29, 1.82) is 0 Å². The number of thiophene rings is 2. The van der Waals surface area contributed by atoms with Crippen LogP contribution in [0.5, 0.6) is 0 Å². The van der Waals surface area contributed by atoms with Gasteiger partial charge in [0, 0.05) is 16.5 Å². The zero-order valence-corrected chi connectivity index (χ0v) is 15.4. The summed E-state index contributed by atoms with van der Waals surface area (Å²) in [6.07, 6.45) is 7.05. The summed E-state index contributed by atoms with van der Waals surface area (Å²) >= 11 is 3.28. The molecule has 0 amide bonds. The first-order chi connectivity index (χ1) is 13.3. The second-order valence-corrected chi connectivity index (χ2v) is 8.23. The van der Waals surface area contributed by atoms with Gasteiger partial charge in [-0.1, -0.05) is 12.1 Å². The Morgan fingerprint density at radius 2 is 1.81 bits per heavy atom. The summed E-state index contributed by atoms with van der Waals surface area (Å²) in [6.45, 7) is 0. The van der Waals surface area contributed by atoms with Gasteiger partial charge in [-0.2, -0.15) is 5.10 Å². The molecule has 0 atom stereocenters. The largest absolute Gasteiger partial charge is 0.278 e. The van der Waals surface area contributed by atoms with Crippen molar-refractivity contribution < 1.29 is 0 Å². The van der Waals surface area contributed by atoms with Crippen molar-refractivity contribution in [3.05, 3.63) is 55.2 Å². The van der Waals surface area contributed by atoms with E-state index in [-0.39, 0.29) is 0 Å². The van der Waals surface area contributed by atoms with Crippen LogP contribution in [0.2, 0.25) is 0 Å². The highest BCUT2D eigenvalue weighted by Crippen LogP contribution is 2.35. The SMILES string of the molecule is c1ncc2sc(-c3cnc4cc(-c5ccc6cn[nH]c6c5)sc4n3)cc2n1. The first-order valence-electron chi connectivity index (χ1n) is 8.23. The Labute approximate surface area is 160 Å². The normalized spacial score (nSPS) is 11.7. The number of aromatic amines is 1. The minimum Gasteiger partial charge on any atom is -0.278 e. The maximum Gasteiger partial charge on any atom is 0.143 e. The molecule has 6 nitrogen and oxygen atoms in total. The van der Waals surface area contributed by atoms with E-state index in [1.165, 1.54) is 0 Å². The molecule has 1 N–H and O–H groups in total. The Balaban J connectivity index is 1.46. The van der Waals surface area contributed by atoms with Gasteiger partial charge in [-0.25, -0.2) is 15.0 Å². The Bertz CT molecular complexity index is 1410. The van der Waals surface area contributed by atoms with Crippen LogP contribution in [0.3, 0.4) is 0 Å². The lowest BCUT2D eigenvalue weighted by Crippen LogP contribution is -1.82. The molecule has 0 saturated carbocycles. The molecule has 128 valence electrons. The molecule has 0 aliphatic heterocycles. The molecule has 0 spiro atoms. The number of benzene rings is 1. The molecule has 1 aromatic carbocycles. The second kappa shape index (κ2) is 5.63. The van der Waals surface area contributed by atoms with Gasteiger partial charge in [0.25, 0.3) is 0 Å². The molecular formula is C19H10N6S2. The van der Waals surface area contributed by atoms with Gasteiger partial charge < -0.3 is 0 Å². The van der Waals surface area contributed by atoms with Crippen molar-refractivity contribution in [3.63, 3.8) is 0 Å². The Morgan fingerprint density at radius 3 is 2.78 bits per heavy atom. The van der Waals surface area contributed by atoms with Crippen molar-refractivity contribution in [2.45, 2.75) is 0 Å². The summed E-state index contributed by atoms with van der Waals surface area (Å²) in [5.41, 5.74) is 4.87. The number of nitrogens with one attached hydrogen (secondary N) is 1. The summed E-state index contributed by atoms with van der Waals surface area (Å²) in [6, 6.07) is 10.4. The van der Waals surface area contributed by atoms with Crippen LogP contribution in [0.15, 0.2) is 55.2 Å². The second-order valence-electron chi connectivity index (χ2n) is 6.11. The van der Waals surface area contributed by atoms with E-state index in [9.17, 15) is 0 Å². The van der Waals surface area contributed by atoms with Crippen LogP contribution in [-0.4, -0.2) is 30.1 Å². The quantitative estimate of drug-likeness (QED) is 0.457. The fraction of sp³-hybridized carbons (Fsp3) is 0. The van der Waals surface area contributed by atoms with Crippen LogP contribution in [-0.2, 0) is 0 Å². The average Bonchev–Trinajstić information content (AvgIpc) is 3.42. The van der Waals surface area contributed by atoms with Gasteiger partial charge in [0.15, 0.2) is 0 Å². The monoisotopic (exact) mass is 386 g/mol. The van der Waals surface area contributed by atoms with E-state index < -0.39 is 0 Å². The van der Waals surface area contributed by atoms with Gasteiger partial charge in [0.1, 0.15) is 22.4 Å². The average molecular weight is 386 g/mol. The molecule has 0 unspecified atom stereocenters. The standard InChI is InChI=1S/C19H10N6S2/c1-2-11-6-23-25-12(11)3-10(1)16-5-14-19(27-16)24-15(7-21-14)17-4-13-18(26-17)8-20-9-22-13/h1-9H,(H,23,25). The minimum atomic E-state index is 0.864. The molecular weight excluding hydrogens is 376 g/mol. The van der Waals surface area contributed by atoms with E-state index in [0.29, 0.717) is 0 Å². The van der Waals surface area contributed by atoms with Gasteiger partial charge in [-0.3, -0.25) is 10.1 Å². The lowest BCUT2D eigenvalue weighted by atomic mass is 10.1. The van der Waals surface area contributed by atoms with E-state index in [2.05, 4.69) is 49.4 Å². The van der Waals surface area contributed by atoms with E-state index in [1.54, 1.807) is 29.0 Å². The number of hydrogen-bond acceptors (Lipinski definition) is 7. The lowest BCUT2D eigenvalue weighted by molar-refractivity contribution is 1.12. The van der Waals surface area contributed by atoms with Crippen LogP contribution in [0.25, 0.3) is 52.5 Å². The molecule has 0 bridgehead atoms. The van der Waals surface area contributed by atoms with Crippen LogP contribution >= 0.6 is 22.7 Å². The fourth-order valence-corrected chi connectivity index (χ4v) is 5.00. The number of aromatic nitrogens is 6. The predicted molar refractivity (Wildman–Crippen MR) is 109 cm³/mol. The molecule has 6 aromatic rings. The molecule has 0 saturated heterocycles. The third kappa shape index (κ3) is 2.42.